The summed E-state index contributed by atoms with van der Waals surface area (Å²) >= 11 is 0. The molecule has 0 saturated carbocycles. The lowest BCUT2D eigenvalue weighted by Gasteiger charge is -2.15. The number of aromatic nitrogens is 5. The Balaban J connectivity index is 1.88. The molecule has 1 unspecified atom stereocenters. The second kappa shape index (κ2) is 6.31. The van der Waals surface area contributed by atoms with E-state index in [9.17, 15) is 13.2 Å². The van der Waals surface area contributed by atoms with Crippen LogP contribution in [0.5, 0.6) is 0 Å². The number of H-pyrrole nitrogens is 1. The SMILES string of the molecule is N#CCC(CCC(F)(F)F)n1cc(-c2ncnc3[nH]ccc23)cn1. The summed E-state index contributed by atoms with van der Waals surface area (Å²) in [5.41, 5.74) is 1.97. The third-order valence-corrected chi connectivity index (χ3v) is 3.69. The molecule has 3 aromatic heterocycles. The van der Waals surface area contributed by atoms with Gasteiger partial charge in [-0.05, 0) is 12.5 Å². The predicted octanol–water partition coefficient (Wildman–Crippen LogP) is 3.62. The minimum atomic E-state index is -4.26. The molecule has 0 aliphatic heterocycles. The quantitative estimate of drug-likeness (QED) is 0.772. The van der Waals surface area contributed by atoms with Crippen LogP contribution in [0.2, 0.25) is 0 Å². The Kier molecular flexibility index (Phi) is 4.20. The third-order valence-electron chi connectivity index (χ3n) is 3.69. The van der Waals surface area contributed by atoms with Crippen molar-refractivity contribution in [3.05, 3.63) is 31.0 Å². The molecule has 24 heavy (non-hydrogen) atoms. The number of nitrogens with zero attached hydrogens (tertiary/aromatic N) is 5. The van der Waals surface area contributed by atoms with E-state index in [1.165, 1.54) is 17.2 Å². The van der Waals surface area contributed by atoms with Crippen molar-refractivity contribution in [2.45, 2.75) is 31.5 Å². The van der Waals surface area contributed by atoms with Crippen LogP contribution >= 0.6 is 0 Å². The van der Waals surface area contributed by atoms with Crippen molar-refractivity contribution in [1.82, 2.24) is 24.7 Å². The normalized spacial score (nSPS) is 13.1. The number of alkyl halides is 3. The predicted molar refractivity (Wildman–Crippen MR) is 79.7 cm³/mol. The molecule has 0 saturated heterocycles. The molecule has 0 bridgehead atoms. The lowest BCUT2D eigenvalue weighted by Crippen LogP contribution is -2.14. The van der Waals surface area contributed by atoms with Gasteiger partial charge in [0.05, 0.1) is 30.4 Å². The number of nitriles is 1. The van der Waals surface area contributed by atoms with Crippen molar-refractivity contribution < 1.29 is 13.2 Å². The van der Waals surface area contributed by atoms with E-state index in [-0.39, 0.29) is 12.8 Å². The van der Waals surface area contributed by atoms with Crippen LogP contribution in [0, 0.1) is 11.3 Å². The van der Waals surface area contributed by atoms with E-state index in [4.69, 9.17) is 5.26 Å². The maximum absolute atomic E-state index is 12.4. The highest BCUT2D eigenvalue weighted by molar-refractivity contribution is 5.89. The number of fused-ring (bicyclic) bond motifs is 1. The van der Waals surface area contributed by atoms with Crippen molar-refractivity contribution in [1.29, 1.82) is 5.26 Å². The zero-order valence-corrected chi connectivity index (χ0v) is 12.5. The molecule has 0 aromatic carbocycles. The van der Waals surface area contributed by atoms with Gasteiger partial charge >= 0.3 is 6.18 Å². The lowest BCUT2D eigenvalue weighted by molar-refractivity contribution is -0.137. The van der Waals surface area contributed by atoms with Crippen LogP contribution in [-0.4, -0.2) is 30.9 Å². The maximum Gasteiger partial charge on any atom is 0.389 e. The maximum atomic E-state index is 12.4. The molecule has 3 heterocycles. The molecule has 1 atom stereocenters. The van der Waals surface area contributed by atoms with Crippen molar-refractivity contribution in [3.8, 4) is 17.3 Å². The summed E-state index contributed by atoms with van der Waals surface area (Å²) in [7, 11) is 0. The first-order valence-electron chi connectivity index (χ1n) is 7.24. The molecule has 124 valence electrons. The second-order valence-electron chi connectivity index (χ2n) is 5.34. The summed E-state index contributed by atoms with van der Waals surface area (Å²) < 4.78 is 38.8. The highest BCUT2D eigenvalue weighted by atomic mass is 19.4. The molecule has 3 aromatic rings. The molecule has 0 fully saturated rings. The minimum Gasteiger partial charge on any atom is -0.346 e. The van der Waals surface area contributed by atoms with Gasteiger partial charge in [-0.15, -0.1) is 0 Å². The Labute approximate surface area is 135 Å². The van der Waals surface area contributed by atoms with Gasteiger partial charge in [0.15, 0.2) is 0 Å². The van der Waals surface area contributed by atoms with Crippen molar-refractivity contribution in [2.75, 3.05) is 0 Å². The fourth-order valence-corrected chi connectivity index (χ4v) is 2.53. The summed E-state index contributed by atoms with van der Waals surface area (Å²) in [5, 5.41) is 13.8. The molecule has 6 nitrogen and oxygen atoms in total. The van der Waals surface area contributed by atoms with Crippen molar-refractivity contribution >= 4 is 11.0 Å². The molecule has 0 amide bonds. The Morgan fingerprint density at radius 3 is 2.92 bits per heavy atom. The minimum absolute atomic E-state index is 0.0411. The van der Waals surface area contributed by atoms with Crippen molar-refractivity contribution in [2.24, 2.45) is 0 Å². The van der Waals surface area contributed by atoms with Crippen LogP contribution in [0.15, 0.2) is 31.0 Å². The zero-order valence-electron chi connectivity index (χ0n) is 12.5. The van der Waals surface area contributed by atoms with E-state index in [1.807, 2.05) is 12.1 Å². The third kappa shape index (κ3) is 3.37. The van der Waals surface area contributed by atoms with Gasteiger partial charge in [0, 0.05) is 29.8 Å². The average Bonchev–Trinajstić information content (AvgIpc) is 3.19. The van der Waals surface area contributed by atoms with Crippen molar-refractivity contribution in [3.63, 3.8) is 0 Å². The summed E-state index contributed by atoms with van der Waals surface area (Å²) in [5.74, 6) is 0. The van der Waals surface area contributed by atoms with Gasteiger partial charge < -0.3 is 4.98 Å². The van der Waals surface area contributed by atoms with Crippen LogP contribution in [0.3, 0.4) is 0 Å². The van der Waals surface area contributed by atoms with E-state index >= 15 is 0 Å². The first-order valence-corrected chi connectivity index (χ1v) is 7.24. The van der Waals surface area contributed by atoms with E-state index in [1.54, 1.807) is 12.4 Å². The number of rotatable bonds is 5. The van der Waals surface area contributed by atoms with Gasteiger partial charge in [0.1, 0.15) is 12.0 Å². The molecule has 3 rings (SSSR count). The Bertz CT molecular complexity index is 873. The van der Waals surface area contributed by atoms with E-state index in [2.05, 4.69) is 20.1 Å². The topological polar surface area (TPSA) is 83.2 Å². The van der Waals surface area contributed by atoms with Gasteiger partial charge in [-0.25, -0.2) is 9.97 Å². The molecular formula is C15H13F3N6. The number of hydrogen-bond donors (Lipinski definition) is 1. The first kappa shape index (κ1) is 16.0. The summed E-state index contributed by atoms with van der Waals surface area (Å²) in [6, 6.07) is 3.11. The van der Waals surface area contributed by atoms with Gasteiger partial charge in [0.25, 0.3) is 0 Å². The number of hydrogen-bond acceptors (Lipinski definition) is 4. The van der Waals surface area contributed by atoms with Gasteiger partial charge in [0.2, 0.25) is 0 Å². The number of aromatic amines is 1. The zero-order chi connectivity index (χ0) is 17.2. The van der Waals surface area contributed by atoms with E-state index < -0.39 is 18.6 Å². The Hall–Kier alpha value is -2.89. The van der Waals surface area contributed by atoms with Crippen LogP contribution in [0.4, 0.5) is 13.2 Å². The molecule has 1 N–H and O–H groups in total. The highest BCUT2D eigenvalue weighted by Gasteiger charge is 2.29. The Morgan fingerprint density at radius 2 is 2.17 bits per heavy atom. The summed E-state index contributed by atoms with van der Waals surface area (Å²) in [6.07, 6.45) is 0.844. The van der Waals surface area contributed by atoms with Crippen LogP contribution in [0.1, 0.15) is 25.3 Å². The number of halogens is 3. The summed E-state index contributed by atoms with van der Waals surface area (Å²) in [4.78, 5) is 11.3. The monoisotopic (exact) mass is 334 g/mol. The molecule has 0 aliphatic rings. The first-order chi connectivity index (χ1) is 11.5. The van der Waals surface area contributed by atoms with E-state index in [0.717, 1.165) is 5.39 Å². The summed E-state index contributed by atoms with van der Waals surface area (Å²) in [6.45, 7) is 0. The van der Waals surface area contributed by atoms with Crippen LogP contribution in [-0.2, 0) is 0 Å². The largest absolute Gasteiger partial charge is 0.389 e. The lowest BCUT2D eigenvalue weighted by atomic mass is 10.1. The van der Waals surface area contributed by atoms with E-state index in [0.29, 0.717) is 16.9 Å². The van der Waals surface area contributed by atoms with Crippen LogP contribution < -0.4 is 0 Å². The molecule has 0 aliphatic carbocycles. The Morgan fingerprint density at radius 1 is 1.33 bits per heavy atom. The van der Waals surface area contributed by atoms with Gasteiger partial charge in [-0.1, -0.05) is 0 Å². The second-order valence-corrected chi connectivity index (χ2v) is 5.34. The fourth-order valence-electron chi connectivity index (χ4n) is 2.53. The molecule has 0 radical (unpaired) electrons. The standard InChI is InChI=1S/C15H13F3N6/c16-15(17,18)4-1-11(2-5-19)24-8-10(7-23-24)13-12-3-6-20-14(12)22-9-21-13/h3,6-9,11H,1-2,4H2,(H,20,21,22). The van der Waals surface area contributed by atoms with Gasteiger partial charge in [-0.3, -0.25) is 4.68 Å². The molecule has 9 heteroatoms. The van der Waals surface area contributed by atoms with Gasteiger partial charge in [-0.2, -0.15) is 23.5 Å². The smallest absolute Gasteiger partial charge is 0.346 e. The molecular weight excluding hydrogens is 321 g/mol. The fraction of sp³-hybridized carbons (Fsp3) is 0.333. The number of nitrogens with one attached hydrogen (secondary N) is 1. The van der Waals surface area contributed by atoms with Crippen LogP contribution in [0.25, 0.3) is 22.3 Å². The molecule has 0 spiro atoms. The highest BCUT2D eigenvalue weighted by Crippen LogP contribution is 2.29. The average molecular weight is 334 g/mol.